The van der Waals surface area contributed by atoms with Crippen LogP contribution in [-0.4, -0.2) is 56.2 Å². The van der Waals surface area contributed by atoms with E-state index in [1.54, 1.807) is 0 Å². The molecule has 7 heteroatoms. The third-order valence-electron chi connectivity index (χ3n) is 3.28. The van der Waals surface area contributed by atoms with Crippen LogP contribution in [0.1, 0.15) is 26.7 Å². The first-order valence-electron chi connectivity index (χ1n) is 7.02. The first-order chi connectivity index (χ1) is 9.65. The van der Waals surface area contributed by atoms with Gasteiger partial charge in [-0.3, -0.25) is 4.79 Å². The number of carbonyl (C=O) groups is 2. The van der Waals surface area contributed by atoms with Crippen LogP contribution < -0.4 is 5.32 Å². The molecular formula is C13H21NO6. The maximum atomic E-state index is 11.5. The molecule has 2 aliphatic rings. The van der Waals surface area contributed by atoms with Crippen LogP contribution in [0.4, 0.5) is 4.79 Å². The van der Waals surface area contributed by atoms with Crippen LogP contribution in [0.3, 0.4) is 0 Å². The maximum absolute atomic E-state index is 11.5. The summed E-state index contributed by atoms with van der Waals surface area (Å²) < 4.78 is 21.7. The Morgan fingerprint density at radius 3 is 2.25 bits per heavy atom. The molecule has 2 aliphatic heterocycles. The maximum Gasteiger partial charge on any atom is 0.407 e. The zero-order valence-corrected chi connectivity index (χ0v) is 11.8. The van der Waals surface area contributed by atoms with E-state index in [1.807, 2.05) is 13.8 Å². The Bertz CT molecular complexity index is 327. The fraction of sp³-hybridized carbons (Fsp3) is 0.846. The van der Waals surface area contributed by atoms with Crippen LogP contribution in [0.5, 0.6) is 0 Å². The average molecular weight is 287 g/mol. The van der Waals surface area contributed by atoms with E-state index < -0.39 is 18.3 Å². The molecule has 2 fully saturated rings. The SMILES string of the molecule is CCCC(=O)OC1COC2C(OC(=O)NCC)COC12. The second kappa shape index (κ2) is 6.90. The Hall–Kier alpha value is -1.34. The van der Waals surface area contributed by atoms with E-state index in [4.69, 9.17) is 18.9 Å². The molecule has 1 amide bonds. The molecule has 4 atom stereocenters. The predicted molar refractivity (Wildman–Crippen MR) is 68.2 cm³/mol. The van der Waals surface area contributed by atoms with Gasteiger partial charge < -0.3 is 24.3 Å². The Balaban J connectivity index is 1.84. The molecule has 0 radical (unpaired) electrons. The smallest absolute Gasteiger partial charge is 0.407 e. The van der Waals surface area contributed by atoms with E-state index in [1.165, 1.54) is 0 Å². The van der Waals surface area contributed by atoms with Gasteiger partial charge in [-0.05, 0) is 13.3 Å². The van der Waals surface area contributed by atoms with Gasteiger partial charge in [-0.2, -0.15) is 0 Å². The van der Waals surface area contributed by atoms with Gasteiger partial charge in [-0.1, -0.05) is 6.92 Å². The summed E-state index contributed by atoms with van der Waals surface area (Å²) in [5.74, 6) is -0.251. The molecule has 0 aromatic heterocycles. The monoisotopic (exact) mass is 287 g/mol. The third kappa shape index (κ3) is 3.40. The summed E-state index contributed by atoms with van der Waals surface area (Å²) in [7, 11) is 0. The summed E-state index contributed by atoms with van der Waals surface area (Å²) in [6.45, 7) is 4.76. The van der Waals surface area contributed by atoms with Crippen LogP contribution in [0, 0.1) is 0 Å². The highest BCUT2D eigenvalue weighted by molar-refractivity contribution is 5.69. The molecular weight excluding hydrogens is 266 g/mol. The Kier molecular flexibility index (Phi) is 5.19. The quantitative estimate of drug-likeness (QED) is 0.746. The van der Waals surface area contributed by atoms with Crippen molar-refractivity contribution >= 4 is 12.1 Å². The molecule has 0 aliphatic carbocycles. The lowest BCUT2D eigenvalue weighted by molar-refractivity contribution is -0.153. The van der Waals surface area contributed by atoms with Gasteiger partial charge in [0.25, 0.3) is 0 Å². The van der Waals surface area contributed by atoms with Crippen molar-refractivity contribution in [1.29, 1.82) is 0 Å². The number of rotatable bonds is 5. The predicted octanol–water partition coefficient (Wildman–Crippen LogP) is 0.611. The van der Waals surface area contributed by atoms with E-state index in [9.17, 15) is 9.59 Å². The van der Waals surface area contributed by atoms with Crippen molar-refractivity contribution in [3.8, 4) is 0 Å². The number of esters is 1. The van der Waals surface area contributed by atoms with Crippen molar-refractivity contribution in [2.75, 3.05) is 19.8 Å². The zero-order valence-electron chi connectivity index (χ0n) is 11.8. The number of amides is 1. The van der Waals surface area contributed by atoms with E-state index in [0.29, 0.717) is 13.0 Å². The van der Waals surface area contributed by atoms with E-state index in [-0.39, 0.29) is 31.4 Å². The summed E-state index contributed by atoms with van der Waals surface area (Å²) in [6, 6.07) is 0. The van der Waals surface area contributed by atoms with Crippen LogP contribution in [0.25, 0.3) is 0 Å². The Morgan fingerprint density at radius 1 is 1.10 bits per heavy atom. The summed E-state index contributed by atoms with van der Waals surface area (Å²) >= 11 is 0. The van der Waals surface area contributed by atoms with Gasteiger partial charge in [0.05, 0.1) is 13.2 Å². The second-order valence-electron chi connectivity index (χ2n) is 4.85. The molecule has 7 nitrogen and oxygen atoms in total. The molecule has 0 aromatic carbocycles. The Labute approximate surface area is 117 Å². The number of hydrogen-bond acceptors (Lipinski definition) is 6. The molecule has 114 valence electrons. The van der Waals surface area contributed by atoms with Gasteiger partial charge in [-0.25, -0.2) is 4.79 Å². The number of carbonyl (C=O) groups excluding carboxylic acids is 2. The largest absolute Gasteiger partial charge is 0.457 e. The summed E-state index contributed by atoms with van der Waals surface area (Å²) in [6.07, 6.45) is -0.954. The molecule has 1 N–H and O–H groups in total. The number of ether oxygens (including phenoxy) is 4. The number of nitrogens with one attached hydrogen (secondary N) is 1. The summed E-state index contributed by atoms with van der Waals surface area (Å²) in [5.41, 5.74) is 0. The van der Waals surface area contributed by atoms with Crippen LogP contribution in [0.15, 0.2) is 0 Å². The molecule has 2 rings (SSSR count). The van der Waals surface area contributed by atoms with Crippen molar-refractivity contribution < 1.29 is 28.5 Å². The van der Waals surface area contributed by atoms with Crippen molar-refractivity contribution in [1.82, 2.24) is 5.32 Å². The van der Waals surface area contributed by atoms with Crippen molar-refractivity contribution in [3.05, 3.63) is 0 Å². The average Bonchev–Trinajstić information content (AvgIpc) is 2.95. The first kappa shape index (κ1) is 15.1. The molecule has 4 unspecified atom stereocenters. The fourth-order valence-corrected chi connectivity index (χ4v) is 2.39. The highest BCUT2D eigenvalue weighted by Crippen LogP contribution is 2.30. The minimum Gasteiger partial charge on any atom is -0.457 e. The van der Waals surface area contributed by atoms with Gasteiger partial charge in [0.2, 0.25) is 0 Å². The molecule has 0 bridgehead atoms. The summed E-state index contributed by atoms with van der Waals surface area (Å²) in [5, 5.41) is 2.55. The first-order valence-corrected chi connectivity index (χ1v) is 7.02. The van der Waals surface area contributed by atoms with Gasteiger partial charge in [0.1, 0.15) is 12.2 Å². The normalized spacial score (nSPS) is 31.7. The van der Waals surface area contributed by atoms with Crippen molar-refractivity contribution in [2.24, 2.45) is 0 Å². The van der Waals surface area contributed by atoms with Crippen LogP contribution >= 0.6 is 0 Å². The lowest BCUT2D eigenvalue weighted by atomic mass is 10.1. The molecule has 20 heavy (non-hydrogen) atoms. The van der Waals surface area contributed by atoms with E-state index in [2.05, 4.69) is 5.32 Å². The van der Waals surface area contributed by atoms with Crippen molar-refractivity contribution in [3.63, 3.8) is 0 Å². The zero-order chi connectivity index (χ0) is 14.5. The minimum atomic E-state index is -0.489. The van der Waals surface area contributed by atoms with Crippen LogP contribution in [-0.2, 0) is 23.7 Å². The minimum absolute atomic E-state index is 0.251. The highest BCUT2D eigenvalue weighted by Gasteiger charge is 2.51. The lowest BCUT2D eigenvalue weighted by Crippen LogP contribution is -2.38. The second-order valence-corrected chi connectivity index (χ2v) is 4.85. The van der Waals surface area contributed by atoms with Gasteiger partial charge in [0, 0.05) is 13.0 Å². The van der Waals surface area contributed by atoms with Gasteiger partial charge >= 0.3 is 12.1 Å². The van der Waals surface area contributed by atoms with E-state index in [0.717, 1.165) is 6.42 Å². The number of hydrogen-bond donors (Lipinski definition) is 1. The third-order valence-corrected chi connectivity index (χ3v) is 3.28. The van der Waals surface area contributed by atoms with Gasteiger partial charge in [-0.15, -0.1) is 0 Å². The molecule has 2 saturated heterocycles. The van der Waals surface area contributed by atoms with Crippen molar-refractivity contribution in [2.45, 2.75) is 51.1 Å². The molecule has 2 heterocycles. The number of alkyl carbamates (subject to hydrolysis) is 1. The van der Waals surface area contributed by atoms with Gasteiger partial charge in [0.15, 0.2) is 12.2 Å². The molecule has 0 aromatic rings. The standard InChI is InChI=1S/C13H21NO6/c1-3-5-10(15)19-8-6-17-12-9(7-18-11(8)12)20-13(16)14-4-2/h8-9,11-12H,3-7H2,1-2H3,(H,14,16). The topological polar surface area (TPSA) is 83.1 Å². The fourth-order valence-electron chi connectivity index (χ4n) is 2.39. The van der Waals surface area contributed by atoms with E-state index >= 15 is 0 Å². The highest BCUT2D eigenvalue weighted by atomic mass is 16.7. The van der Waals surface area contributed by atoms with Crippen LogP contribution in [0.2, 0.25) is 0 Å². The Morgan fingerprint density at radius 2 is 1.70 bits per heavy atom. The number of fused-ring (bicyclic) bond motifs is 1. The molecule has 0 spiro atoms. The molecule has 0 saturated carbocycles. The summed E-state index contributed by atoms with van der Waals surface area (Å²) in [4.78, 5) is 22.9. The lowest BCUT2D eigenvalue weighted by Gasteiger charge is -2.17.